The molecule has 0 spiro atoms. The fourth-order valence-corrected chi connectivity index (χ4v) is 1.91. The maximum Gasteiger partial charge on any atom is 0.237 e. The van der Waals surface area contributed by atoms with E-state index in [1.54, 1.807) is 0 Å². The second kappa shape index (κ2) is 4.28. The van der Waals surface area contributed by atoms with Crippen molar-refractivity contribution in [3.63, 3.8) is 0 Å². The molecule has 1 aliphatic carbocycles. The van der Waals surface area contributed by atoms with Crippen LogP contribution in [0.25, 0.3) is 0 Å². The molecule has 0 heterocycles. The first kappa shape index (κ1) is 12.9. The summed E-state index contributed by atoms with van der Waals surface area (Å²) in [4.78, 5) is 11.5. The van der Waals surface area contributed by atoms with Crippen molar-refractivity contribution < 1.29 is 18.0 Å². The third kappa shape index (κ3) is 2.20. The molecule has 1 unspecified atom stereocenters. The summed E-state index contributed by atoms with van der Waals surface area (Å²) in [5, 5.41) is 2.52. The summed E-state index contributed by atoms with van der Waals surface area (Å²) < 4.78 is 40.1. The molecule has 6 heteroatoms. The van der Waals surface area contributed by atoms with Gasteiger partial charge < -0.3 is 11.1 Å². The molecule has 1 atom stereocenters. The van der Waals surface area contributed by atoms with Gasteiger partial charge >= 0.3 is 0 Å². The van der Waals surface area contributed by atoms with Gasteiger partial charge in [-0.2, -0.15) is 0 Å². The van der Waals surface area contributed by atoms with Gasteiger partial charge in [0.2, 0.25) is 5.91 Å². The lowest BCUT2D eigenvalue weighted by atomic mass is 10.0. The molecule has 1 fully saturated rings. The summed E-state index contributed by atoms with van der Waals surface area (Å²) in [5.41, 5.74) is 4.02. The number of nitrogens with one attached hydrogen (secondary N) is 1. The average molecular weight is 258 g/mol. The summed E-state index contributed by atoms with van der Waals surface area (Å²) in [7, 11) is 0. The van der Waals surface area contributed by atoms with Crippen molar-refractivity contribution in [3.05, 3.63) is 35.1 Å². The number of benzene rings is 1. The standard InChI is InChI=1S/C12H13F3N2O/c1-6(16)11(18)17-12(2-3-12)10-8(14)4-7(13)5-9(10)15/h4-6H,2-3,16H2,1H3,(H,17,18). The number of hydrogen-bond donors (Lipinski definition) is 2. The first-order chi connectivity index (χ1) is 8.35. The van der Waals surface area contributed by atoms with Crippen LogP contribution in [0, 0.1) is 17.5 Å². The molecule has 18 heavy (non-hydrogen) atoms. The Kier molecular flexibility index (Phi) is 3.06. The largest absolute Gasteiger partial charge is 0.345 e. The normalized spacial score (nSPS) is 18.3. The number of carbonyl (C=O) groups excluding carboxylic acids is 1. The first-order valence-corrected chi connectivity index (χ1v) is 5.58. The lowest BCUT2D eigenvalue weighted by molar-refractivity contribution is -0.123. The molecule has 0 saturated heterocycles. The quantitative estimate of drug-likeness (QED) is 0.864. The van der Waals surface area contributed by atoms with Gasteiger partial charge in [-0.25, -0.2) is 13.2 Å². The fraction of sp³-hybridized carbons (Fsp3) is 0.417. The minimum atomic E-state index is -1.08. The number of carbonyl (C=O) groups is 1. The van der Waals surface area contributed by atoms with E-state index in [4.69, 9.17) is 5.73 Å². The highest BCUT2D eigenvalue weighted by Crippen LogP contribution is 2.47. The number of hydrogen-bond acceptors (Lipinski definition) is 2. The lowest BCUT2D eigenvalue weighted by Crippen LogP contribution is -2.44. The summed E-state index contributed by atoms with van der Waals surface area (Å²) >= 11 is 0. The van der Waals surface area contributed by atoms with Crippen molar-refractivity contribution in [2.24, 2.45) is 5.73 Å². The monoisotopic (exact) mass is 258 g/mol. The molecule has 3 N–H and O–H groups in total. The Morgan fingerprint density at radius 1 is 1.33 bits per heavy atom. The van der Waals surface area contributed by atoms with Crippen molar-refractivity contribution in [1.29, 1.82) is 0 Å². The van der Waals surface area contributed by atoms with Crippen LogP contribution in [-0.4, -0.2) is 11.9 Å². The lowest BCUT2D eigenvalue weighted by Gasteiger charge is -2.20. The molecule has 1 aliphatic rings. The first-order valence-electron chi connectivity index (χ1n) is 5.58. The van der Waals surface area contributed by atoms with Gasteiger partial charge in [-0.1, -0.05) is 0 Å². The van der Waals surface area contributed by atoms with Crippen LogP contribution in [0.5, 0.6) is 0 Å². The maximum atomic E-state index is 13.6. The molecule has 0 bridgehead atoms. The van der Waals surface area contributed by atoms with Crippen molar-refractivity contribution in [1.82, 2.24) is 5.32 Å². The van der Waals surface area contributed by atoms with Crippen molar-refractivity contribution in [2.75, 3.05) is 0 Å². The highest BCUT2D eigenvalue weighted by Gasteiger charge is 2.49. The van der Waals surface area contributed by atoms with Gasteiger partial charge in [-0.3, -0.25) is 4.79 Å². The van der Waals surface area contributed by atoms with E-state index in [0.29, 0.717) is 25.0 Å². The van der Waals surface area contributed by atoms with E-state index in [1.165, 1.54) is 6.92 Å². The predicted molar refractivity (Wildman–Crippen MR) is 59.0 cm³/mol. The van der Waals surface area contributed by atoms with E-state index in [9.17, 15) is 18.0 Å². The summed E-state index contributed by atoms with van der Waals surface area (Å²) in [6.07, 6.45) is 0.815. The third-order valence-corrected chi connectivity index (χ3v) is 3.01. The van der Waals surface area contributed by atoms with E-state index >= 15 is 0 Å². The molecule has 1 amide bonds. The van der Waals surface area contributed by atoms with Crippen LogP contribution in [0.2, 0.25) is 0 Å². The van der Waals surface area contributed by atoms with Gasteiger partial charge in [0.15, 0.2) is 0 Å². The van der Waals surface area contributed by atoms with E-state index in [-0.39, 0.29) is 5.56 Å². The van der Waals surface area contributed by atoms with E-state index in [2.05, 4.69) is 5.32 Å². The second-order valence-corrected chi connectivity index (χ2v) is 4.60. The Hall–Kier alpha value is -1.56. The van der Waals surface area contributed by atoms with Crippen LogP contribution in [0.15, 0.2) is 12.1 Å². The predicted octanol–water partition coefficient (Wildman–Crippen LogP) is 1.56. The molecule has 1 aromatic rings. The zero-order valence-electron chi connectivity index (χ0n) is 9.77. The Balaban J connectivity index is 2.34. The minimum absolute atomic E-state index is 0.294. The number of nitrogens with two attached hydrogens (primary N) is 1. The van der Waals surface area contributed by atoms with Gasteiger partial charge in [-0.15, -0.1) is 0 Å². The van der Waals surface area contributed by atoms with Crippen molar-refractivity contribution in [2.45, 2.75) is 31.3 Å². The Morgan fingerprint density at radius 3 is 2.22 bits per heavy atom. The minimum Gasteiger partial charge on any atom is -0.345 e. The second-order valence-electron chi connectivity index (χ2n) is 4.60. The number of rotatable bonds is 3. The van der Waals surface area contributed by atoms with Gasteiger partial charge in [0, 0.05) is 17.7 Å². The van der Waals surface area contributed by atoms with Gasteiger partial charge in [0.05, 0.1) is 11.6 Å². The molecular formula is C12H13F3N2O. The van der Waals surface area contributed by atoms with Gasteiger partial charge in [0.25, 0.3) is 0 Å². The molecule has 98 valence electrons. The highest BCUT2D eigenvalue weighted by atomic mass is 19.1. The number of amides is 1. The Morgan fingerprint density at radius 2 is 1.83 bits per heavy atom. The van der Waals surface area contributed by atoms with Crippen LogP contribution in [-0.2, 0) is 10.3 Å². The van der Waals surface area contributed by atoms with Crippen LogP contribution >= 0.6 is 0 Å². The zero-order chi connectivity index (χ0) is 13.5. The van der Waals surface area contributed by atoms with Crippen LogP contribution < -0.4 is 11.1 Å². The summed E-state index contributed by atoms with van der Waals surface area (Å²) in [6, 6.07) is 0.446. The average Bonchev–Trinajstić information content (AvgIpc) is 2.96. The zero-order valence-corrected chi connectivity index (χ0v) is 9.77. The topological polar surface area (TPSA) is 55.1 Å². The van der Waals surface area contributed by atoms with Crippen LogP contribution in [0.3, 0.4) is 0 Å². The van der Waals surface area contributed by atoms with Crippen molar-refractivity contribution in [3.8, 4) is 0 Å². The van der Waals surface area contributed by atoms with Gasteiger partial charge in [0.1, 0.15) is 17.5 Å². The highest BCUT2D eigenvalue weighted by molar-refractivity contribution is 5.82. The molecule has 2 rings (SSSR count). The molecule has 0 aromatic heterocycles. The van der Waals surface area contributed by atoms with Crippen LogP contribution in [0.1, 0.15) is 25.3 Å². The summed E-state index contributed by atoms with van der Waals surface area (Å²) in [6.45, 7) is 1.47. The van der Waals surface area contributed by atoms with Crippen LogP contribution in [0.4, 0.5) is 13.2 Å². The molecule has 0 aliphatic heterocycles. The molecule has 1 saturated carbocycles. The van der Waals surface area contributed by atoms with E-state index in [1.807, 2.05) is 0 Å². The third-order valence-electron chi connectivity index (χ3n) is 3.01. The maximum absolute atomic E-state index is 13.6. The molecule has 0 radical (unpaired) electrons. The molecule has 3 nitrogen and oxygen atoms in total. The Bertz CT molecular complexity index is 475. The summed E-state index contributed by atoms with van der Waals surface area (Å²) in [5.74, 6) is -3.45. The Labute approximate surface area is 102 Å². The van der Waals surface area contributed by atoms with Crippen molar-refractivity contribution >= 4 is 5.91 Å². The SMILES string of the molecule is CC(N)C(=O)NC1(c2c(F)cc(F)cc2F)CC1. The van der Waals surface area contributed by atoms with Gasteiger partial charge in [-0.05, 0) is 19.8 Å². The smallest absolute Gasteiger partial charge is 0.237 e. The van der Waals surface area contributed by atoms with E-state index in [0.717, 1.165) is 0 Å². The number of halogens is 3. The molecular weight excluding hydrogens is 245 g/mol. The fourth-order valence-electron chi connectivity index (χ4n) is 1.91. The van der Waals surface area contributed by atoms with E-state index < -0.39 is 34.9 Å². The molecule has 1 aromatic carbocycles.